The molecule has 1 aliphatic heterocycles. The third-order valence-corrected chi connectivity index (χ3v) is 4.18. The van der Waals surface area contributed by atoms with Crippen molar-refractivity contribution in [1.82, 2.24) is 9.47 Å². The van der Waals surface area contributed by atoms with E-state index in [1.807, 2.05) is 17.0 Å². The van der Waals surface area contributed by atoms with Crippen LogP contribution in [0.15, 0.2) is 35.3 Å². The Hall–Kier alpha value is -3.03. The van der Waals surface area contributed by atoms with Gasteiger partial charge in [-0.3, -0.25) is 9.59 Å². The predicted octanol–water partition coefficient (Wildman–Crippen LogP) is 0.886. The van der Waals surface area contributed by atoms with Crippen molar-refractivity contribution in [1.29, 1.82) is 0 Å². The second-order valence-corrected chi connectivity index (χ2v) is 5.67. The van der Waals surface area contributed by atoms with Gasteiger partial charge in [0.15, 0.2) is 0 Å². The number of pyridine rings is 1. The van der Waals surface area contributed by atoms with Gasteiger partial charge in [0.25, 0.3) is 5.56 Å². The van der Waals surface area contributed by atoms with Crippen molar-refractivity contribution in [3.8, 4) is 0 Å². The predicted molar refractivity (Wildman–Crippen MR) is 87.7 cm³/mol. The number of amides is 1. The largest absolute Gasteiger partial charge is 0.480 e. The molecule has 24 heavy (non-hydrogen) atoms. The molecule has 1 fully saturated rings. The molecule has 1 aromatic carbocycles. The number of piperazine rings is 1. The van der Waals surface area contributed by atoms with E-state index in [2.05, 4.69) is 0 Å². The third-order valence-electron chi connectivity index (χ3n) is 4.18. The summed E-state index contributed by atoms with van der Waals surface area (Å²) in [4.78, 5) is 37.6. The average molecular weight is 331 g/mol. The molecule has 0 aliphatic carbocycles. The summed E-state index contributed by atoms with van der Waals surface area (Å²) in [5, 5.41) is 19.1. The lowest BCUT2D eigenvalue weighted by Crippen LogP contribution is -2.48. The zero-order chi connectivity index (χ0) is 17.3. The first-order valence-electron chi connectivity index (χ1n) is 7.53. The highest BCUT2D eigenvalue weighted by Gasteiger charge is 2.20. The number of hydrogen-bond acceptors (Lipinski definition) is 4. The number of fused-ring (bicyclic) bond motifs is 1. The van der Waals surface area contributed by atoms with Gasteiger partial charge < -0.3 is 24.6 Å². The highest BCUT2D eigenvalue weighted by Crippen LogP contribution is 2.21. The number of aliphatic carboxylic acids is 1. The molecule has 3 rings (SSSR count). The van der Waals surface area contributed by atoms with Gasteiger partial charge in [0.05, 0.1) is 0 Å². The van der Waals surface area contributed by atoms with Crippen LogP contribution in [0.5, 0.6) is 0 Å². The van der Waals surface area contributed by atoms with Crippen molar-refractivity contribution < 1.29 is 19.8 Å². The van der Waals surface area contributed by atoms with Crippen molar-refractivity contribution in [2.75, 3.05) is 31.1 Å². The van der Waals surface area contributed by atoms with E-state index < -0.39 is 12.1 Å². The SMILES string of the molecule is O=C(O)Cn1ccc2ccc(N3CCN(C(=O)O)CC3)cc2c1=O. The zero-order valence-corrected chi connectivity index (χ0v) is 12.9. The Morgan fingerprint density at radius 1 is 1.04 bits per heavy atom. The third kappa shape index (κ3) is 3.03. The van der Waals surface area contributed by atoms with Gasteiger partial charge in [0.1, 0.15) is 6.54 Å². The Morgan fingerprint density at radius 3 is 2.38 bits per heavy atom. The van der Waals surface area contributed by atoms with Gasteiger partial charge in [0.2, 0.25) is 0 Å². The van der Waals surface area contributed by atoms with E-state index in [0.717, 1.165) is 15.6 Å². The zero-order valence-electron chi connectivity index (χ0n) is 12.9. The fourth-order valence-electron chi connectivity index (χ4n) is 2.89. The number of nitrogens with zero attached hydrogens (tertiary/aromatic N) is 3. The summed E-state index contributed by atoms with van der Waals surface area (Å²) >= 11 is 0. The van der Waals surface area contributed by atoms with E-state index in [9.17, 15) is 14.4 Å². The molecule has 0 radical (unpaired) electrons. The summed E-state index contributed by atoms with van der Waals surface area (Å²) < 4.78 is 1.16. The average Bonchev–Trinajstić information content (AvgIpc) is 2.57. The van der Waals surface area contributed by atoms with Gasteiger partial charge in [-0.25, -0.2) is 4.79 Å². The van der Waals surface area contributed by atoms with Gasteiger partial charge >= 0.3 is 12.1 Å². The molecular formula is C16H17N3O5. The maximum Gasteiger partial charge on any atom is 0.407 e. The highest BCUT2D eigenvalue weighted by atomic mass is 16.4. The van der Waals surface area contributed by atoms with Crippen LogP contribution >= 0.6 is 0 Å². The van der Waals surface area contributed by atoms with E-state index in [0.29, 0.717) is 31.6 Å². The van der Waals surface area contributed by atoms with E-state index in [1.54, 1.807) is 12.1 Å². The second-order valence-electron chi connectivity index (χ2n) is 5.67. The van der Waals surface area contributed by atoms with E-state index in [1.165, 1.54) is 11.1 Å². The van der Waals surface area contributed by atoms with Crippen LogP contribution in [-0.4, -0.2) is 57.9 Å². The standard InChI is InChI=1S/C16H17N3O5/c20-14(21)10-19-4-3-11-1-2-12(9-13(11)15(19)22)17-5-7-18(8-6-17)16(23)24/h1-4,9H,5-8,10H2,(H,20,21)(H,23,24). The van der Waals surface area contributed by atoms with Crippen LogP contribution in [0.4, 0.5) is 10.5 Å². The Balaban J connectivity index is 1.90. The molecule has 0 saturated carbocycles. The lowest BCUT2D eigenvalue weighted by atomic mass is 10.1. The molecule has 2 aromatic rings. The van der Waals surface area contributed by atoms with Gasteiger partial charge in [-0.1, -0.05) is 6.07 Å². The Bertz CT molecular complexity index is 852. The number of rotatable bonds is 3. The molecule has 2 heterocycles. The van der Waals surface area contributed by atoms with Crippen molar-refractivity contribution in [2.24, 2.45) is 0 Å². The van der Waals surface area contributed by atoms with Crippen LogP contribution in [0.2, 0.25) is 0 Å². The first kappa shape index (κ1) is 15.9. The maximum absolute atomic E-state index is 12.4. The molecule has 1 aromatic heterocycles. The van der Waals surface area contributed by atoms with E-state index >= 15 is 0 Å². The van der Waals surface area contributed by atoms with Gasteiger partial charge in [-0.15, -0.1) is 0 Å². The fourth-order valence-corrected chi connectivity index (χ4v) is 2.89. The number of carboxylic acids is 1. The Labute approximate surface area is 137 Å². The van der Waals surface area contributed by atoms with E-state index in [4.69, 9.17) is 10.2 Å². The van der Waals surface area contributed by atoms with Crippen molar-refractivity contribution in [3.63, 3.8) is 0 Å². The smallest absolute Gasteiger partial charge is 0.407 e. The first-order chi connectivity index (χ1) is 11.5. The number of benzene rings is 1. The molecule has 0 unspecified atom stereocenters. The van der Waals surface area contributed by atoms with Crippen LogP contribution in [-0.2, 0) is 11.3 Å². The summed E-state index contributed by atoms with van der Waals surface area (Å²) in [7, 11) is 0. The lowest BCUT2D eigenvalue weighted by Gasteiger charge is -2.34. The van der Waals surface area contributed by atoms with Crippen molar-refractivity contribution in [3.05, 3.63) is 40.8 Å². The molecule has 8 heteroatoms. The molecule has 8 nitrogen and oxygen atoms in total. The number of hydrogen-bond donors (Lipinski definition) is 2. The second kappa shape index (κ2) is 6.23. The minimum atomic E-state index is -1.07. The summed E-state index contributed by atoms with van der Waals surface area (Å²) in [6, 6.07) is 7.17. The number of aromatic nitrogens is 1. The quantitative estimate of drug-likeness (QED) is 0.866. The van der Waals surface area contributed by atoms with Gasteiger partial charge in [-0.05, 0) is 23.6 Å². The van der Waals surface area contributed by atoms with Crippen LogP contribution in [0.25, 0.3) is 10.8 Å². The van der Waals surface area contributed by atoms with Crippen LogP contribution in [0.3, 0.4) is 0 Å². The molecule has 0 bridgehead atoms. The number of anilines is 1. The summed E-state index contributed by atoms with van der Waals surface area (Å²) in [6.45, 7) is 1.54. The minimum absolute atomic E-state index is 0.346. The monoisotopic (exact) mass is 331 g/mol. The Morgan fingerprint density at radius 2 is 1.75 bits per heavy atom. The van der Waals surface area contributed by atoms with Gasteiger partial charge in [-0.2, -0.15) is 0 Å². The van der Waals surface area contributed by atoms with Crippen LogP contribution in [0, 0.1) is 0 Å². The molecule has 0 atom stereocenters. The molecule has 0 spiro atoms. The molecule has 2 N–H and O–H groups in total. The lowest BCUT2D eigenvalue weighted by molar-refractivity contribution is -0.137. The normalized spacial score (nSPS) is 14.8. The maximum atomic E-state index is 12.4. The summed E-state index contributed by atoms with van der Waals surface area (Å²) in [5.41, 5.74) is 0.485. The van der Waals surface area contributed by atoms with Crippen molar-refractivity contribution in [2.45, 2.75) is 6.54 Å². The Kier molecular flexibility index (Phi) is 4.11. The molecule has 1 saturated heterocycles. The topological polar surface area (TPSA) is 103 Å². The summed E-state index contributed by atoms with van der Waals surface area (Å²) in [5.74, 6) is -1.07. The highest BCUT2D eigenvalue weighted by molar-refractivity contribution is 5.85. The van der Waals surface area contributed by atoms with Crippen LogP contribution in [0.1, 0.15) is 0 Å². The number of carbonyl (C=O) groups is 2. The fraction of sp³-hybridized carbons (Fsp3) is 0.312. The van der Waals surface area contributed by atoms with Gasteiger partial charge in [0, 0.05) is 43.4 Å². The molecule has 126 valence electrons. The van der Waals surface area contributed by atoms with Crippen molar-refractivity contribution >= 4 is 28.5 Å². The first-order valence-corrected chi connectivity index (χ1v) is 7.53. The van der Waals surface area contributed by atoms with E-state index in [-0.39, 0.29) is 12.1 Å². The minimum Gasteiger partial charge on any atom is -0.480 e. The summed E-state index contributed by atoms with van der Waals surface area (Å²) in [6.07, 6.45) is 0.550. The van der Waals surface area contributed by atoms with Crippen LogP contribution < -0.4 is 10.5 Å². The molecular weight excluding hydrogens is 314 g/mol. The molecule has 1 amide bonds. The number of carboxylic acid groups (broad SMARTS) is 2. The molecule has 1 aliphatic rings.